The van der Waals surface area contributed by atoms with E-state index >= 15 is 0 Å². The van der Waals surface area contributed by atoms with E-state index in [0.29, 0.717) is 0 Å². The van der Waals surface area contributed by atoms with Gasteiger partial charge in [0.05, 0.1) is 0 Å². The number of nitrogens with zero attached hydrogens (tertiary/aromatic N) is 1. The smallest absolute Gasteiger partial charge is 0.0240 e. The lowest BCUT2D eigenvalue weighted by atomic mass is 10.1. The first kappa shape index (κ1) is 14.0. The Morgan fingerprint density at radius 2 is 1.84 bits per heavy atom. The summed E-state index contributed by atoms with van der Waals surface area (Å²) in [5, 5.41) is 3.56. The molecule has 0 aromatic heterocycles. The largest absolute Gasteiger partial charge is 0.310 e. The van der Waals surface area contributed by atoms with Crippen LogP contribution >= 0.6 is 0 Å². The summed E-state index contributed by atoms with van der Waals surface area (Å²) in [4.78, 5) is 2.33. The Kier molecular flexibility index (Phi) is 5.37. The highest BCUT2D eigenvalue weighted by Gasteiger charge is 2.19. The summed E-state index contributed by atoms with van der Waals surface area (Å²) in [5.74, 6) is 0. The fraction of sp³-hybridized carbons (Fsp3) is 0.412. The zero-order valence-corrected chi connectivity index (χ0v) is 11.6. The Balaban J connectivity index is 1.91. The minimum absolute atomic E-state index is 0.765. The number of hydrogen-bond donors (Lipinski definition) is 1. The summed E-state index contributed by atoms with van der Waals surface area (Å²) in [6.45, 7) is 11.4. The highest BCUT2D eigenvalue weighted by Crippen LogP contribution is 2.19. The van der Waals surface area contributed by atoms with Crippen LogP contribution in [0.2, 0.25) is 0 Å². The van der Waals surface area contributed by atoms with Crippen LogP contribution in [0, 0.1) is 0 Å². The van der Waals surface area contributed by atoms with E-state index in [9.17, 15) is 0 Å². The van der Waals surface area contributed by atoms with Gasteiger partial charge in [0.1, 0.15) is 0 Å². The first-order valence-corrected chi connectivity index (χ1v) is 7.07. The highest BCUT2D eigenvalue weighted by atomic mass is 15.1. The maximum atomic E-state index is 3.81. The summed E-state index contributed by atoms with van der Waals surface area (Å²) >= 11 is 0. The Hall–Kier alpha value is -1.38. The van der Waals surface area contributed by atoms with Gasteiger partial charge in [-0.3, -0.25) is 4.90 Å². The van der Waals surface area contributed by atoms with Gasteiger partial charge in [-0.05, 0) is 24.0 Å². The fourth-order valence-corrected chi connectivity index (χ4v) is 2.21. The van der Waals surface area contributed by atoms with Gasteiger partial charge >= 0.3 is 0 Å². The van der Waals surface area contributed by atoms with Crippen LogP contribution in [-0.4, -0.2) is 24.0 Å². The van der Waals surface area contributed by atoms with Crippen molar-refractivity contribution in [1.29, 1.82) is 0 Å². The standard InChI is InChI=1S/C17H24N2/c1-3-10-19(11-4-2)14-16-7-5-6-15(12-16)13-18-17-8-9-17/h3-7,12,17-18H,1-2,8-11,13-14H2. The van der Waals surface area contributed by atoms with E-state index < -0.39 is 0 Å². The second kappa shape index (κ2) is 7.27. The average Bonchev–Trinajstić information content (AvgIpc) is 3.21. The van der Waals surface area contributed by atoms with Gasteiger partial charge in [-0.15, -0.1) is 13.2 Å². The lowest BCUT2D eigenvalue weighted by molar-refractivity contribution is 0.327. The molecule has 1 N–H and O–H groups in total. The van der Waals surface area contributed by atoms with Crippen LogP contribution in [0.25, 0.3) is 0 Å². The van der Waals surface area contributed by atoms with Crippen LogP contribution in [0.15, 0.2) is 49.6 Å². The molecule has 2 rings (SSSR count). The molecule has 0 radical (unpaired) electrons. The number of hydrogen-bond acceptors (Lipinski definition) is 2. The molecule has 1 fully saturated rings. The van der Waals surface area contributed by atoms with E-state index in [1.165, 1.54) is 24.0 Å². The van der Waals surface area contributed by atoms with Crippen molar-refractivity contribution in [2.75, 3.05) is 13.1 Å². The molecule has 1 aromatic carbocycles. The Morgan fingerprint density at radius 1 is 1.16 bits per heavy atom. The van der Waals surface area contributed by atoms with Crippen molar-refractivity contribution in [3.63, 3.8) is 0 Å². The van der Waals surface area contributed by atoms with Gasteiger partial charge in [-0.25, -0.2) is 0 Å². The van der Waals surface area contributed by atoms with Crippen LogP contribution < -0.4 is 5.32 Å². The van der Waals surface area contributed by atoms with Crippen LogP contribution in [0.4, 0.5) is 0 Å². The summed E-state index contributed by atoms with van der Waals surface area (Å²) < 4.78 is 0. The minimum atomic E-state index is 0.765. The molecule has 0 aliphatic heterocycles. The molecule has 0 heterocycles. The van der Waals surface area contributed by atoms with E-state index in [0.717, 1.165) is 32.2 Å². The van der Waals surface area contributed by atoms with E-state index in [-0.39, 0.29) is 0 Å². The van der Waals surface area contributed by atoms with Crippen LogP contribution in [-0.2, 0) is 13.1 Å². The molecule has 1 saturated carbocycles. The van der Waals surface area contributed by atoms with Crippen molar-refractivity contribution in [2.45, 2.75) is 32.0 Å². The molecule has 0 spiro atoms. The van der Waals surface area contributed by atoms with Crippen LogP contribution in [0.5, 0.6) is 0 Å². The summed E-state index contributed by atoms with van der Waals surface area (Å²) in [6, 6.07) is 9.61. The molecule has 0 bridgehead atoms. The molecule has 2 heteroatoms. The maximum Gasteiger partial charge on any atom is 0.0240 e. The van der Waals surface area contributed by atoms with Crippen molar-refractivity contribution in [2.24, 2.45) is 0 Å². The number of rotatable bonds is 9. The highest BCUT2D eigenvalue weighted by molar-refractivity contribution is 5.23. The van der Waals surface area contributed by atoms with Gasteiger partial charge in [0.25, 0.3) is 0 Å². The van der Waals surface area contributed by atoms with Crippen LogP contribution in [0.1, 0.15) is 24.0 Å². The summed E-state index contributed by atoms with van der Waals surface area (Å²) in [6.07, 6.45) is 6.57. The van der Waals surface area contributed by atoms with E-state index in [1.54, 1.807) is 0 Å². The first-order valence-electron chi connectivity index (χ1n) is 7.07. The quantitative estimate of drug-likeness (QED) is 0.683. The molecule has 102 valence electrons. The fourth-order valence-electron chi connectivity index (χ4n) is 2.21. The molecule has 1 aliphatic rings. The maximum absolute atomic E-state index is 3.81. The van der Waals surface area contributed by atoms with Gasteiger partial charge in [0, 0.05) is 32.2 Å². The summed E-state index contributed by atoms with van der Waals surface area (Å²) in [7, 11) is 0. The van der Waals surface area contributed by atoms with E-state index in [4.69, 9.17) is 0 Å². The topological polar surface area (TPSA) is 15.3 Å². The predicted molar refractivity (Wildman–Crippen MR) is 82.0 cm³/mol. The molecule has 0 atom stereocenters. The molecule has 1 aromatic rings. The molecule has 1 aliphatic carbocycles. The lowest BCUT2D eigenvalue weighted by Gasteiger charge is -2.19. The molecular formula is C17H24N2. The second-order valence-electron chi connectivity index (χ2n) is 5.25. The summed E-state index contributed by atoms with van der Waals surface area (Å²) in [5.41, 5.74) is 2.74. The van der Waals surface area contributed by atoms with Crippen molar-refractivity contribution in [3.8, 4) is 0 Å². The van der Waals surface area contributed by atoms with Crippen molar-refractivity contribution >= 4 is 0 Å². The molecule has 0 amide bonds. The van der Waals surface area contributed by atoms with Gasteiger partial charge < -0.3 is 5.32 Å². The second-order valence-corrected chi connectivity index (χ2v) is 5.25. The minimum Gasteiger partial charge on any atom is -0.310 e. The molecule has 19 heavy (non-hydrogen) atoms. The van der Waals surface area contributed by atoms with Gasteiger partial charge in [0.15, 0.2) is 0 Å². The molecular weight excluding hydrogens is 232 g/mol. The monoisotopic (exact) mass is 256 g/mol. The van der Waals surface area contributed by atoms with Crippen molar-refractivity contribution < 1.29 is 0 Å². The van der Waals surface area contributed by atoms with Crippen molar-refractivity contribution in [3.05, 3.63) is 60.7 Å². The van der Waals surface area contributed by atoms with E-state index in [1.807, 2.05) is 12.2 Å². The zero-order valence-electron chi connectivity index (χ0n) is 11.6. The number of benzene rings is 1. The molecule has 2 nitrogen and oxygen atoms in total. The Morgan fingerprint density at radius 3 is 2.47 bits per heavy atom. The molecule has 0 saturated heterocycles. The van der Waals surface area contributed by atoms with Gasteiger partial charge in [-0.1, -0.05) is 36.4 Å². The average molecular weight is 256 g/mol. The third-order valence-electron chi connectivity index (χ3n) is 3.34. The lowest BCUT2D eigenvalue weighted by Crippen LogP contribution is -2.23. The van der Waals surface area contributed by atoms with Crippen molar-refractivity contribution in [1.82, 2.24) is 10.2 Å². The SMILES string of the molecule is C=CCN(CC=C)Cc1cccc(CNC2CC2)c1. The normalized spacial score (nSPS) is 14.6. The molecule has 0 unspecified atom stereocenters. The van der Waals surface area contributed by atoms with Gasteiger partial charge in [0.2, 0.25) is 0 Å². The predicted octanol–water partition coefficient (Wildman–Crippen LogP) is 3.11. The van der Waals surface area contributed by atoms with E-state index in [2.05, 4.69) is 47.6 Å². The Labute approximate surface area is 116 Å². The first-order chi connectivity index (χ1) is 9.31. The van der Waals surface area contributed by atoms with Crippen LogP contribution in [0.3, 0.4) is 0 Å². The zero-order chi connectivity index (χ0) is 13.5. The Bertz CT molecular complexity index is 411. The third kappa shape index (κ3) is 5.01. The number of nitrogens with one attached hydrogen (secondary N) is 1. The third-order valence-corrected chi connectivity index (χ3v) is 3.34. The van der Waals surface area contributed by atoms with Gasteiger partial charge in [-0.2, -0.15) is 0 Å².